The maximum Gasteiger partial charge on any atom is 0.321 e. The average Bonchev–Trinajstić information content (AvgIpc) is 2.68. The maximum atomic E-state index is 9.05. The quantitative estimate of drug-likeness (QED) is 0.136. The maximum absolute atomic E-state index is 9.05. The van der Waals surface area contributed by atoms with Crippen molar-refractivity contribution in [2.45, 2.75) is 116 Å². The van der Waals surface area contributed by atoms with Gasteiger partial charge in [-0.25, -0.2) is 0 Å². The highest BCUT2D eigenvalue weighted by Crippen LogP contribution is 2.36. The van der Waals surface area contributed by atoms with Gasteiger partial charge in [-0.2, -0.15) is 0 Å². The number of methoxy groups -OCH3 is 1. The molecule has 0 saturated carbocycles. The van der Waals surface area contributed by atoms with Crippen molar-refractivity contribution in [2.24, 2.45) is 0 Å². The van der Waals surface area contributed by atoms with E-state index in [-0.39, 0.29) is 12.7 Å². The van der Waals surface area contributed by atoms with Gasteiger partial charge in [0.1, 0.15) is 6.10 Å². The summed E-state index contributed by atoms with van der Waals surface area (Å²) >= 11 is 4.42. The number of hydrogen-bond acceptors (Lipinski definition) is 4. The minimum Gasteiger partial charge on any atom is -0.379 e. The molecule has 0 spiro atoms. The van der Waals surface area contributed by atoms with Crippen LogP contribution in [0.15, 0.2) is 0 Å². The molecule has 0 aromatic rings. The van der Waals surface area contributed by atoms with E-state index in [1.807, 2.05) is 0 Å². The Hall–Kier alpha value is 0.450. The fraction of sp³-hybridized carbons (Fsp3) is 1.00. The summed E-state index contributed by atoms with van der Waals surface area (Å²) in [6, 6.07) is 0. The van der Waals surface area contributed by atoms with Crippen molar-refractivity contribution in [3.8, 4) is 0 Å². The standard InChI is InChI=1S/C22H47O5PS/c1-3-4-5-6-7-8-9-10-11-12-13-14-15-16-17-18-19-26-20-22(25-2)21-27-28(23,24)29/h22H,3-21H2,1-2H3,(H2,23,24,29)/t22-/m1/s1. The molecule has 0 aliphatic rings. The van der Waals surface area contributed by atoms with Gasteiger partial charge < -0.3 is 23.8 Å². The monoisotopic (exact) mass is 454 g/mol. The number of unbranched alkanes of at least 4 members (excludes halogenated alkanes) is 15. The van der Waals surface area contributed by atoms with Crippen LogP contribution < -0.4 is 0 Å². The summed E-state index contributed by atoms with van der Waals surface area (Å²) in [6.45, 7) is -0.218. The molecular formula is C22H47O5PS. The fourth-order valence-electron chi connectivity index (χ4n) is 3.33. The van der Waals surface area contributed by atoms with Gasteiger partial charge in [0.2, 0.25) is 0 Å². The smallest absolute Gasteiger partial charge is 0.321 e. The van der Waals surface area contributed by atoms with Gasteiger partial charge in [0.15, 0.2) is 0 Å². The number of rotatable bonds is 23. The van der Waals surface area contributed by atoms with E-state index in [4.69, 9.17) is 23.8 Å². The molecule has 7 heteroatoms. The van der Waals surface area contributed by atoms with E-state index in [1.54, 1.807) is 7.11 Å². The van der Waals surface area contributed by atoms with Crippen LogP contribution in [0, 0.1) is 0 Å². The van der Waals surface area contributed by atoms with E-state index >= 15 is 0 Å². The summed E-state index contributed by atoms with van der Waals surface area (Å²) < 4.78 is 15.6. The minimum atomic E-state index is -3.61. The highest BCUT2D eigenvalue weighted by molar-refractivity contribution is 8.06. The first kappa shape index (κ1) is 29.5. The van der Waals surface area contributed by atoms with Crippen molar-refractivity contribution in [2.75, 3.05) is 26.9 Å². The van der Waals surface area contributed by atoms with Gasteiger partial charge in [0.25, 0.3) is 0 Å². The van der Waals surface area contributed by atoms with Crippen LogP contribution in [0.4, 0.5) is 0 Å². The largest absolute Gasteiger partial charge is 0.379 e. The van der Waals surface area contributed by atoms with Crippen molar-refractivity contribution in [1.82, 2.24) is 0 Å². The summed E-state index contributed by atoms with van der Waals surface area (Å²) in [7, 11) is 1.55. The van der Waals surface area contributed by atoms with Crippen LogP contribution in [0.3, 0.4) is 0 Å². The second kappa shape index (κ2) is 21.7. The van der Waals surface area contributed by atoms with Gasteiger partial charge in [-0.05, 0) is 18.2 Å². The first-order valence-electron chi connectivity index (χ1n) is 11.8. The summed E-state index contributed by atoms with van der Waals surface area (Å²) in [6.07, 6.45) is 21.4. The first-order chi connectivity index (χ1) is 14.0. The molecular weight excluding hydrogens is 407 g/mol. The van der Waals surface area contributed by atoms with Gasteiger partial charge in [-0.15, -0.1) is 0 Å². The van der Waals surface area contributed by atoms with Gasteiger partial charge >= 0.3 is 6.72 Å². The molecule has 0 aromatic carbocycles. The average molecular weight is 455 g/mol. The predicted octanol–water partition coefficient (Wildman–Crippen LogP) is 6.51. The third-order valence-electron chi connectivity index (χ3n) is 5.21. The topological polar surface area (TPSA) is 68.2 Å². The van der Waals surface area contributed by atoms with Crippen LogP contribution in [-0.4, -0.2) is 42.8 Å². The lowest BCUT2D eigenvalue weighted by atomic mass is 10.0. The lowest BCUT2D eigenvalue weighted by molar-refractivity contribution is -0.0173. The van der Waals surface area contributed by atoms with E-state index in [0.29, 0.717) is 13.2 Å². The Morgan fingerprint density at radius 1 is 0.690 bits per heavy atom. The Kier molecular flexibility index (Phi) is 22.0. The summed E-state index contributed by atoms with van der Waals surface area (Å²) in [5.74, 6) is 0. The van der Waals surface area contributed by atoms with Gasteiger partial charge in [-0.3, -0.25) is 0 Å². The predicted molar refractivity (Wildman–Crippen MR) is 126 cm³/mol. The van der Waals surface area contributed by atoms with Crippen LogP contribution >= 0.6 is 6.72 Å². The zero-order valence-electron chi connectivity index (χ0n) is 19.0. The molecule has 0 aromatic heterocycles. The molecule has 0 bridgehead atoms. The van der Waals surface area contributed by atoms with Crippen LogP contribution in [0.2, 0.25) is 0 Å². The molecule has 5 nitrogen and oxygen atoms in total. The summed E-state index contributed by atoms with van der Waals surface area (Å²) in [5.41, 5.74) is 0. The van der Waals surface area contributed by atoms with Crippen LogP contribution in [-0.2, 0) is 25.8 Å². The molecule has 0 heterocycles. The van der Waals surface area contributed by atoms with E-state index in [2.05, 4.69) is 18.7 Å². The van der Waals surface area contributed by atoms with Gasteiger partial charge in [-0.1, -0.05) is 103 Å². The zero-order chi connectivity index (χ0) is 21.6. The van der Waals surface area contributed by atoms with Crippen LogP contribution in [0.25, 0.3) is 0 Å². The Bertz CT molecular complexity index is 378. The Morgan fingerprint density at radius 2 is 1.10 bits per heavy atom. The van der Waals surface area contributed by atoms with E-state index in [1.165, 1.54) is 96.3 Å². The highest BCUT2D eigenvalue weighted by Gasteiger charge is 2.14. The van der Waals surface area contributed by atoms with Crippen molar-refractivity contribution in [3.05, 3.63) is 0 Å². The number of hydrogen-bond donors (Lipinski definition) is 2. The molecule has 1 atom stereocenters. The fourth-order valence-corrected chi connectivity index (χ4v) is 3.87. The molecule has 176 valence electrons. The van der Waals surface area contributed by atoms with E-state index < -0.39 is 6.72 Å². The summed E-state index contributed by atoms with van der Waals surface area (Å²) in [4.78, 5) is 18.1. The molecule has 0 rings (SSSR count). The Morgan fingerprint density at radius 3 is 1.48 bits per heavy atom. The third kappa shape index (κ3) is 24.6. The van der Waals surface area contributed by atoms with Crippen LogP contribution in [0.1, 0.15) is 110 Å². The Labute approximate surface area is 185 Å². The molecule has 29 heavy (non-hydrogen) atoms. The first-order valence-corrected chi connectivity index (χ1v) is 14.4. The van der Waals surface area contributed by atoms with E-state index in [9.17, 15) is 0 Å². The van der Waals surface area contributed by atoms with Gasteiger partial charge in [0.05, 0.1) is 13.2 Å². The van der Waals surface area contributed by atoms with Crippen molar-refractivity contribution >= 4 is 18.5 Å². The Balaban J connectivity index is 3.22. The lowest BCUT2D eigenvalue weighted by Gasteiger charge is -2.17. The van der Waals surface area contributed by atoms with Crippen molar-refractivity contribution < 1.29 is 23.8 Å². The SMILES string of the molecule is CCCCCCCCCCCCCCCCCCOC[C@H](COP(O)(O)=S)OC. The second-order valence-corrected chi connectivity index (χ2v) is 10.7. The van der Waals surface area contributed by atoms with Crippen LogP contribution in [0.5, 0.6) is 0 Å². The molecule has 0 unspecified atom stereocenters. The number of ether oxygens (including phenoxy) is 2. The lowest BCUT2D eigenvalue weighted by Crippen LogP contribution is -2.24. The molecule has 0 aliphatic carbocycles. The van der Waals surface area contributed by atoms with Crippen molar-refractivity contribution in [1.29, 1.82) is 0 Å². The van der Waals surface area contributed by atoms with Gasteiger partial charge in [0, 0.05) is 13.7 Å². The molecule has 0 radical (unpaired) electrons. The zero-order valence-corrected chi connectivity index (χ0v) is 20.7. The molecule has 2 N–H and O–H groups in total. The molecule has 0 amide bonds. The minimum absolute atomic E-state index is 0.0414. The highest BCUT2D eigenvalue weighted by atomic mass is 32.5. The van der Waals surface area contributed by atoms with E-state index in [0.717, 1.165) is 6.42 Å². The molecule has 0 fully saturated rings. The second-order valence-electron chi connectivity index (χ2n) is 8.02. The van der Waals surface area contributed by atoms with Crippen molar-refractivity contribution in [3.63, 3.8) is 0 Å². The molecule has 0 saturated heterocycles. The third-order valence-corrected chi connectivity index (χ3v) is 6.01. The normalized spacial score (nSPS) is 13.1. The molecule has 0 aliphatic heterocycles. The summed E-state index contributed by atoms with van der Waals surface area (Å²) in [5, 5.41) is 0.